The second-order valence-corrected chi connectivity index (χ2v) is 9.08. The van der Waals surface area contributed by atoms with E-state index in [1.165, 1.54) is 11.8 Å². The van der Waals surface area contributed by atoms with Gasteiger partial charge in [-0.15, -0.1) is 0 Å². The Balaban J connectivity index is 1.27. The molecule has 32 heavy (non-hydrogen) atoms. The van der Waals surface area contributed by atoms with Gasteiger partial charge < -0.3 is 20.0 Å². The van der Waals surface area contributed by atoms with E-state index >= 15 is 0 Å². The van der Waals surface area contributed by atoms with E-state index in [2.05, 4.69) is 16.3 Å². The highest BCUT2D eigenvalue weighted by Gasteiger charge is 2.29. The van der Waals surface area contributed by atoms with Crippen LogP contribution in [0.3, 0.4) is 0 Å². The van der Waals surface area contributed by atoms with Crippen molar-refractivity contribution >= 4 is 11.9 Å². The van der Waals surface area contributed by atoms with Gasteiger partial charge in [0.2, 0.25) is 5.91 Å². The molecule has 3 aliphatic rings. The average molecular weight is 441 g/mol. The lowest BCUT2D eigenvalue weighted by atomic mass is 9.89. The van der Waals surface area contributed by atoms with Crippen molar-refractivity contribution in [3.05, 3.63) is 59.2 Å². The number of hydrogen-bond acceptors (Lipinski definition) is 3. The molecular formula is C25H33FN4O2. The summed E-state index contributed by atoms with van der Waals surface area (Å²) >= 11 is 0. The summed E-state index contributed by atoms with van der Waals surface area (Å²) < 4.78 is 14.1. The minimum Gasteiger partial charge on any atom is -0.373 e. The zero-order valence-electron chi connectivity index (χ0n) is 19.0. The number of nitrogens with zero attached hydrogens (tertiary/aromatic N) is 3. The van der Waals surface area contributed by atoms with E-state index in [9.17, 15) is 14.0 Å². The second-order valence-electron chi connectivity index (χ2n) is 9.08. The zero-order chi connectivity index (χ0) is 22.7. The van der Waals surface area contributed by atoms with Crippen molar-refractivity contribution in [3.8, 4) is 0 Å². The number of amides is 3. The van der Waals surface area contributed by atoms with Gasteiger partial charge in [-0.3, -0.25) is 4.79 Å². The highest BCUT2D eigenvalue weighted by atomic mass is 19.1. The van der Waals surface area contributed by atoms with Gasteiger partial charge >= 0.3 is 6.03 Å². The normalized spacial score (nSPS) is 21.8. The lowest BCUT2D eigenvalue weighted by molar-refractivity contribution is -0.129. The Morgan fingerprint density at radius 1 is 1.06 bits per heavy atom. The molecule has 3 amide bonds. The van der Waals surface area contributed by atoms with Crippen molar-refractivity contribution in [2.45, 2.75) is 51.0 Å². The van der Waals surface area contributed by atoms with Crippen LogP contribution in [0.4, 0.5) is 9.18 Å². The van der Waals surface area contributed by atoms with Gasteiger partial charge in [0.05, 0.1) is 6.04 Å². The molecule has 4 rings (SSSR count). The molecule has 1 N–H and O–H groups in total. The van der Waals surface area contributed by atoms with Crippen LogP contribution >= 0.6 is 0 Å². The molecule has 2 saturated heterocycles. The third kappa shape index (κ3) is 4.97. The predicted molar refractivity (Wildman–Crippen MR) is 122 cm³/mol. The van der Waals surface area contributed by atoms with E-state index in [4.69, 9.17) is 0 Å². The van der Waals surface area contributed by atoms with E-state index < -0.39 is 0 Å². The van der Waals surface area contributed by atoms with Crippen molar-refractivity contribution in [2.24, 2.45) is 0 Å². The molecule has 0 bridgehead atoms. The van der Waals surface area contributed by atoms with Crippen molar-refractivity contribution in [1.82, 2.24) is 20.0 Å². The van der Waals surface area contributed by atoms with Crippen LogP contribution in [-0.2, 0) is 4.79 Å². The maximum atomic E-state index is 14.1. The molecule has 2 heterocycles. The first-order chi connectivity index (χ1) is 15.4. The van der Waals surface area contributed by atoms with Gasteiger partial charge in [0.1, 0.15) is 5.82 Å². The zero-order valence-corrected chi connectivity index (χ0v) is 19.0. The van der Waals surface area contributed by atoms with E-state index in [0.29, 0.717) is 13.1 Å². The summed E-state index contributed by atoms with van der Waals surface area (Å²) in [6, 6.07) is 7.16. The Bertz CT molecular complexity index is 920. The monoisotopic (exact) mass is 440 g/mol. The number of halogens is 1. The molecule has 0 spiro atoms. The third-order valence-corrected chi connectivity index (χ3v) is 7.14. The molecule has 7 heteroatoms. The van der Waals surface area contributed by atoms with Crippen molar-refractivity contribution < 1.29 is 14.0 Å². The Hall–Kier alpha value is -2.83. The van der Waals surface area contributed by atoms with Crippen LogP contribution < -0.4 is 5.32 Å². The molecule has 0 aromatic heterocycles. The van der Waals surface area contributed by atoms with Crippen LogP contribution in [0, 0.1) is 5.82 Å². The summed E-state index contributed by atoms with van der Waals surface area (Å²) in [4.78, 5) is 30.4. The molecule has 0 saturated carbocycles. The van der Waals surface area contributed by atoms with E-state index in [-0.39, 0.29) is 29.7 Å². The van der Waals surface area contributed by atoms with E-state index in [1.54, 1.807) is 13.0 Å². The topological polar surface area (TPSA) is 55.9 Å². The Morgan fingerprint density at radius 3 is 2.47 bits per heavy atom. The van der Waals surface area contributed by atoms with Gasteiger partial charge in [-0.2, -0.15) is 0 Å². The van der Waals surface area contributed by atoms with Gasteiger partial charge in [0.15, 0.2) is 0 Å². The van der Waals surface area contributed by atoms with Crippen molar-refractivity contribution in [3.63, 3.8) is 0 Å². The van der Waals surface area contributed by atoms with Crippen LogP contribution in [-0.4, -0.2) is 65.9 Å². The van der Waals surface area contributed by atoms with Crippen molar-refractivity contribution in [2.75, 3.05) is 33.2 Å². The molecular weight excluding hydrogens is 407 g/mol. The summed E-state index contributed by atoms with van der Waals surface area (Å²) in [5.41, 5.74) is 2.97. The van der Waals surface area contributed by atoms with Crippen LogP contribution in [0.2, 0.25) is 0 Å². The van der Waals surface area contributed by atoms with Crippen LogP contribution in [0.5, 0.6) is 0 Å². The van der Waals surface area contributed by atoms with Gasteiger partial charge in [0.25, 0.3) is 0 Å². The molecule has 6 nitrogen and oxygen atoms in total. The number of likely N-dealkylation sites (N-methyl/N-ethyl adjacent to an activating group) is 1. The molecule has 2 aliphatic heterocycles. The second kappa shape index (κ2) is 9.76. The van der Waals surface area contributed by atoms with Gasteiger partial charge in [0, 0.05) is 51.5 Å². The third-order valence-electron chi connectivity index (χ3n) is 7.14. The Labute approximate surface area is 189 Å². The molecule has 172 valence electrons. The minimum atomic E-state index is -0.150. The molecule has 1 aromatic carbocycles. The molecule has 1 aliphatic carbocycles. The van der Waals surface area contributed by atoms with E-state index in [0.717, 1.165) is 56.5 Å². The molecule has 1 atom stereocenters. The first-order valence-electron chi connectivity index (χ1n) is 11.6. The van der Waals surface area contributed by atoms with Crippen LogP contribution in [0.25, 0.3) is 0 Å². The highest BCUT2D eigenvalue weighted by Crippen LogP contribution is 2.30. The largest absolute Gasteiger partial charge is 0.373 e. The molecule has 1 aromatic rings. The first kappa shape index (κ1) is 22.4. The fraction of sp³-hybridized carbons (Fsp3) is 0.520. The number of hydrogen-bond donors (Lipinski definition) is 1. The van der Waals surface area contributed by atoms with Gasteiger partial charge in [-0.25, -0.2) is 9.18 Å². The Morgan fingerprint density at radius 2 is 1.81 bits per heavy atom. The Kier molecular flexibility index (Phi) is 6.82. The number of piperidine rings is 1. The number of likely N-dealkylation sites (tertiary alicyclic amines) is 2. The summed E-state index contributed by atoms with van der Waals surface area (Å²) in [5, 5.41) is 3.07. The van der Waals surface area contributed by atoms with Crippen LogP contribution in [0.1, 0.15) is 50.5 Å². The lowest BCUT2D eigenvalue weighted by Crippen LogP contribution is -2.44. The summed E-state index contributed by atoms with van der Waals surface area (Å²) in [6.45, 7) is 4.72. The first-order valence-corrected chi connectivity index (χ1v) is 11.6. The summed E-state index contributed by atoms with van der Waals surface area (Å²) in [5.74, 6) is 0.130. The molecule has 1 unspecified atom stereocenters. The van der Waals surface area contributed by atoms with Gasteiger partial charge in [-0.05, 0) is 61.8 Å². The maximum absolute atomic E-state index is 14.1. The number of allylic oxidation sites excluding steroid dienone is 4. The quantitative estimate of drug-likeness (QED) is 0.774. The predicted octanol–water partition coefficient (Wildman–Crippen LogP) is 3.83. The van der Waals surface area contributed by atoms with Gasteiger partial charge in [-0.1, -0.05) is 18.2 Å². The fourth-order valence-electron chi connectivity index (χ4n) is 4.99. The summed E-state index contributed by atoms with van der Waals surface area (Å²) in [6.07, 6.45) is 8.34. The summed E-state index contributed by atoms with van der Waals surface area (Å²) in [7, 11) is 1.87. The highest BCUT2D eigenvalue weighted by molar-refractivity contribution is 5.76. The fourth-order valence-corrected chi connectivity index (χ4v) is 4.99. The van der Waals surface area contributed by atoms with Crippen LogP contribution in [0.15, 0.2) is 47.8 Å². The molecule has 0 radical (unpaired) electrons. The standard InChI is InChI=1S/C25H33FN4O2/c1-18(31)28(2)22-13-16-30(17-22)21-9-7-20(8-10-21)27-25(32)29-14-11-19(12-15-29)23-5-3-4-6-24(23)26/h3-7,9,19,22H,8,10-17H2,1-2H3,(H,27,32). The number of carbonyl (C=O) groups is 2. The lowest BCUT2D eigenvalue weighted by Gasteiger charge is -2.33. The number of urea groups is 1. The minimum absolute atomic E-state index is 0.0654. The SMILES string of the molecule is CC(=O)N(C)C1CCN(C2=CC=C(NC(=O)N3CCC(c4ccccc4F)CC3)CC2)C1. The smallest absolute Gasteiger partial charge is 0.321 e. The average Bonchev–Trinajstić information content (AvgIpc) is 3.29. The van der Waals surface area contributed by atoms with E-state index in [1.807, 2.05) is 35.1 Å². The molecule has 2 fully saturated rings. The number of carbonyl (C=O) groups excluding carboxylic acids is 2. The number of nitrogens with one attached hydrogen (secondary N) is 1. The maximum Gasteiger partial charge on any atom is 0.321 e. The number of rotatable bonds is 4. The van der Waals surface area contributed by atoms with Crippen molar-refractivity contribution in [1.29, 1.82) is 0 Å². The number of benzene rings is 1.